The maximum absolute atomic E-state index is 14.2. The number of hydrogen-bond acceptors (Lipinski definition) is 7. The molecule has 0 spiro atoms. The van der Waals surface area contributed by atoms with Gasteiger partial charge in [0.05, 0.1) is 24.6 Å². The van der Waals surface area contributed by atoms with Crippen molar-refractivity contribution in [2.24, 2.45) is 0 Å². The van der Waals surface area contributed by atoms with Gasteiger partial charge in [0.25, 0.3) is 0 Å². The van der Waals surface area contributed by atoms with Crippen LogP contribution in [0.1, 0.15) is 32.4 Å². The Hall–Kier alpha value is -2.74. The lowest BCUT2D eigenvalue weighted by molar-refractivity contribution is 0.122. The topological polar surface area (TPSA) is 97.3 Å². The number of ether oxygens (including phenoxy) is 2. The van der Waals surface area contributed by atoms with E-state index in [2.05, 4.69) is 14.9 Å². The van der Waals surface area contributed by atoms with Crippen LogP contribution in [-0.4, -0.2) is 47.6 Å². The Morgan fingerprint density at radius 3 is 2.74 bits per heavy atom. The Labute approximate surface area is 158 Å². The lowest BCUT2D eigenvalue weighted by Gasteiger charge is -2.27. The van der Waals surface area contributed by atoms with E-state index < -0.39 is 5.82 Å². The van der Waals surface area contributed by atoms with Crippen LogP contribution in [0.5, 0.6) is 5.75 Å². The van der Waals surface area contributed by atoms with Crippen LogP contribution in [0.2, 0.25) is 0 Å². The number of rotatable bonds is 5. The van der Waals surface area contributed by atoms with Gasteiger partial charge in [0, 0.05) is 37.9 Å². The van der Waals surface area contributed by atoms with Gasteiger partial charge in [-0.1, -0.05) is 0 Å². The van der Waals surface area contributed by atoms with Crippen LogP contribution in [0.4, 0.5) is 15.9 Å². The smallest absolute Gasteiger partial charge is 0.167 e. The molecule has 0 atom stereocenters. The second kappa shape index (κ2) is 6.77. The van der Waals surface area contributed by atoms with Crippen molar-refractivity contribution in [2.75, 3.05) is 36.9 Å². The monoisotopic (exact) mass is 373 g/mol. The predicted octanol–water partition coefficient (Wildman–Crippen LogP) is 2.63. The molecule has 3 N–H and O–H groups in total. The SMILES string of the molecule is CC1(Oc2cc(C(=N)c3cc(N4CCOCC4)ncn3)c(N)cc2F)CC1.[HH]. The molecular formula is C19H24FN5O2. The maximum atomic E-state index is 14.2. The highest BCUT2D eigenvalue weighted by atomic mass is 19.1. The van der Waals surface area contributed by atoms with Crippen molar-refractivity contribution in [1.82, 2.24) is 9.97 Å². The normalized spacial score (nSPS) is 18.2. The molecule has 1 aromatic heterocycles. The molecule has 0 amide bonds. The number of halogens is 1. The highest BCUT2D eigenvalue weighted by Crippen LogP contribution is 2.41. The molecule has 0 bridgehead atoms. The van der Waals surface area contributed by atoms with Gasteiger partial charge in [-0.15, -0.1) is 0 Å². The first-order chi connectivity index (χ1) is 13.0. The second-order valence-electron chi connectivity index (χ2n) is 7.16. The minimum atomic E-state index is -0.520. The summed E-state index contributed by atoms with van der Waals surface area (Å²) < 4.78 is 25.4. The lowest BCUT2D eigenvalue weighted by atomic mass is 10.0. The molecule has 1 saturated heterocycles. The van der Waals surface area contributed by atoms with E-state index in [1.807, 2.05) is 6.92 Å². The molecule has 8 heteroatoms. The Bertz CT molecular complexity index is 885. The van der Waals surface area contributed by atoms with Crippen molar-refractivity contribution in [1.29, 1.82) is 5.41 Å². The van der Waals surface area contributed by atoms with E-state index in [-0.39, 0.29) is 24.2 Å². The molecule has 1 saturated carbocycles. The quantitative estimate of drug-likeness (QED) is 0.618. The molecule has 1 aromatic carbocycles. The van der Waals surface area contributed by atoms with Gasteiger partial charge in [0.15, 0.2) is 11.6 Å². The van der Waals surface area contributed by atoms with Gasteiger partial charge in [-0.3, -0.25) is 5.41 Å². The van der Waals surface area contributed by atoms with E-state index in [0.717, 1.165) is 31.7 Å². The summed E-state index contributed by atoms with van der Waals surface area (Å²) in [5.74, 6) is 0.330. The molecule has 144 valence electrons. The number of morpholine rings is 1. The number of anilines is 2. The molecule has 0 unspecified atom stereocenters. The zero-order valence-corrected chi connectivity index (χ0v) is 15.2. The average molecular weight is 373 g/mol. The molecule has 0 radical (unpaired) electrons. The number of nitrogens with two attached hydrogens (primary N) is 1. The van der Waals surface area contributed by atoms with Crippen LogP contribution >= 0.6 is 0 Å². The fraction of sp³-hybridized carbons (Fsp3) is 0.421. The van der Waals surface area contributed by atoms with Gasteiger partial charge < -0.3 is 20.1 Å². The van der Waals surface area contributed by atoms with Gasteiger partial charge in [0.2, 0.25) is 0 Å². The largest absolute Gasteiger partial charge is 0.484 e. The number of nitrogen functional groups attached to an aromatic ring is 1. The number of nitrogens with one attached hydrogen (secondary N) is 1. The van der Waals surface area contributed by atoms with Gasteiger partial charge in [-0.05, 0) is 25.8 Å². The summed E-state index contributed by atoms with van der Waals surface area (Å²) in [7, 11) is 0. The number of hydrogen-bond donors (Lipinski definition) is 2. The molecule has 1 aliphatic carbocycles. The van der Waals surface area contributed by atoms with Crippen LogP contribution in [0.15, 0.2) is 24.5 Å². The third kappa shape index (κ3) is 3.71. The molecule has 1 aliphatic heterocycles. The van der Waals surface area contributed by atoms with Crippen molar-refractivity contribution in [3.63, 3.8) is 0 Å². The molecule has 2 heterocycles. The van der Waals surface area contributed by atoms with Crippen LogP contribution < -0.4 is 15.4 Å². The average Bonchev–Trinajstić information content (AvgIpc) is 3.41. The number of nitrogens with zero attached hydrogens (tertiary/aromatic N) is 3. The summed E-state index contributed by atoms with van der Waals surface area (Å²) in [4.78, 5) is 10.6. The summed E-state index contributed by atoms with van der Waals surface area (Å²) >= 11 is 0. The van der Waals surface area contributed by atoms with Crippen molar-refractivity contribution < 1.29 is 15.3 Å². The maximum Gasteiger partial charge on any atom is 0.167 e. The van der Waals surface area contributed by atoms with Crippen molar-refractivity contribution in [3.05, 3.63) is 41.6 Å². The Morgan fingerprint density at radius 1 is 1.30 bits per heavy atom. The molecule has 2 aliphatic rings. The lowest BCUT2D eigenvalue weighted by Crippen LogP contribution is -2.36. The van der Waals surface area contributed by atoms with E-state index in [4.69, 9.17) is 20.6 Å². The highest BCUT2D eigenvalue weighted by Gasteiger charge is 2.40. The van der Waals surface area contributed by atoms with E-state index in [1.165, 1.54) is 18.5 Å². The Balaban J connectivity index is 0.00000225. The molecule has 2 aromatic rings. The van der Waals surface area contributed by atoms with Crippen molar-refractivity contribution >= 4 is 17.2 Å². The summed E-state index contributed by atoms with van der Waals surface area (Å²) in [5, 5.41) is 8.54. The number of aromatic nitrogens is 2. The van der Waals surface area contributed by atoms with Crippen LogP contribution in [0, 0.1) is 11.2 Å². The van der Waals surface area contributed by atoms with Crippen molar-refractivity contribution in [2.45, 2.75) is 25.4 Å². The molecular weight excluding hydrogens is 349 g/mol. The Morgan fingerprint density at radius 2 is 2.04 bits per heavy atom. The molecule has 27 heavy (non-hydrogen) atoms. The summed E-state index contributed by atoms with van der Waals surface area (Å²) in [6.45, 7) is 4.69. The fourth-order valence-electron chi connectivity index (χ4n) is 2.99. The van der Waals surface area contributed by atoms with Gasteiger partial charge >= 0.3 is 0 Å². The first-order valence-corrected chi connectivity index (χ1v) is 8.97. The van der Waals surface area contributed by atoms with Gasteiger partial charge in [-0.25, -0.2) is 14.4 Å². The number of benzene rings is 1. The predicted molar refractivity (Wildman–Crippen MR) is 102 cm³/mol. The summed E-state index contributed by atoms with van der Waals surface area (Å²) in [6, 6.07) is 4.45. The van der Waals surface area contributed by atoms with Crippen LogP contribution in [0.25, 0.3) is 0 Å². The van der Waals surface area contributed by atoms with Gasteiger partial charge in [-0.2, -0.15) is 0 Å². The van der Waals surface area contributed by atoms with E-state index in [1.54, 1.807) is 6.07 Å². The van der Waals surface area contributed by atoms with E-state index >= 15 is 0 Å². The van der Waals surface area contributed by atoms with Crippen LogP contribution in [0.3, 0.4) is 0 Å². The minimum Gasteiger partial charge on any atom is -0.484 e. The van der Waals surface area contributed by atoms with E-state index in [0.29, 0.717) is 24.5 Å². The first-order valence-electron chi connectivity index (χ1n) is 8.97. The zero-order chi connectivity index (χ0) is 19.0. The summed E-state index contributed by atoms with van der Waals surface area (Å²) in [5.41, 5.74) is 6.76. The third-order valence-electron chi connectivity index (χ3n) is 4.93. The molecule has 2 fully saturated rings. The zero-order valence-electron chi connectivity index (χ0n) is 15.2. The molecule has 7 nitrogen and oxygen atoms in total. The fourth-order valence-corrected chi connectivity index (χ4v) is 2.99. The Kier molecular flexibility index (Phi) is 4.43. The first kappa shape index (κ1) is 17.7. The van der Waals surface area contributed by atoms with E-state index in [9.17, 15) is 4.39 Å². The van der Waals surface area contributed by atoms with Crippen LogP contribution in [-0.2, 0) is 4.74 Å². The standard InChI is InChI=1S/C19H22FN5O2.H2/c1-19(2-3-19)27-16-8-12(14(21)9-13(16)20)18(22)15-10-17(24-11-23-15)25-4-6-26-7-5-25;/h8-11,22H,2-7,21H2,1H3;1H. The summed E-state index contributed by atoms with van der Waals surface area (Å²) in [6.07, 6.45) is 3.20. The third-order valence-corrected chi connectivity index (χ3v) is 4.93. The highest BCUT2D eigenvalue weighted by molar-refractivity contribution is 6.13. The molecule has 4 rings (SSSR count). The second-order valence-corrected chi connectivity index (χ2v) is 7.16. The van der Waals surface area contributed by atoms with Gasteiger partial charge in [0.1, 0.15) is 17.7 Å². The minimum absolute atomic E-state index is 0. The van der Waals surface area contributed by atoms with Crippen molar-refractivity contribution in [3.8, 4) is 5.75 Å².